The van der Waals surface area contributed by atoms with Crippen LogP contribution in [-0.2, 0) is 16.1 Å². The first-order valence-electron chi connectivity index (χ1n) is 8.48. The standard InChI is InChI=1S/C17H23N3O5/c21-16(10-5-2-6-13-20(23)24)18-11-7-12-19(18)17(22)25-14-15-8-3-1-4-9-15/h1,3-4,8-9H,2,5-7,10-14H2. The lowest BCUT2D eigenvalue weighted by molar-refractivity contribution is -0.480. The third-order valence-corrected chi connectivity index (χ3v) is 3.97. The van der Waals surface area contributed by atoms with Crippen molar-refractivity contribution >= 4 is 12.0 Å². The Bertz CT molecular complexity index is 593. The summed E-state index contributed by atoms with van der Waals surface area (Å²) >= 11 is 0. The number of hydrogen-bond acceptors (Lipinski definition) is 5. The average molecular weight is 349 g/mol. The van der Waals surface area contributed by atoms with E-state index >= 15 is 0 Å². The van der Waals surface area contributed by atoms with Gasteiger partial charge in [0.2, 0.25) is 12.5 Å². The van der Waals surface area contributed by atoms with Gasteiger partial charge >= 0.3 is 6.09 Å². The van der Waals surface area contributed by atoms with Crippen LogP contribution in [0.4, 0.5) is 4.79 Å². The van der Waals surface area contributed by atoms with Crippen molar-refractivity contribution in [3.05, 3.63) is 46.0 Å². The number of ether oxygens (including phenoxy) is 1. The van der Waals surface area contributed by atoms with Gasteiger partial charge in [-0.2, -0.15) is 0 Å². The highest BCUT2D eigenvalue weighted by atomic mass is 16.6. The number of benzene rings is 1. The summed E-state index contributed by atoms with van der Waals surface area (Å²) in [6, 6.07) is 9.36. The minimum atomic E-state index is -0.525. The van der Waals surface area contributed by atoms with Crippen molar-refractivity contribution in [3.8, 4) is 0 Å². The maximum atomic E-state index is 12.3. The van der Waals surface area contributed by atoms with Gasteiger partial charge in [0.25, 0.3) is 0 Å². The Kier molecular flexibility index (Phi) is 7.18. The molecular formula is C17H23N3O5. The number of nitrogens with zero attached hydrogens (tertiary/aromatic N) is 3. The molecule has 25 heavy (non-hydrogen) atoms. The van der Waals surface area contributed by atoms with Crippen LogP contribution in [0.15, 0.2) is 30.3 Å². The van der Waals surface area contributed by atoms with Gasteiger partial charge in [-0.25, -0.2) is 14.8 Å². The van der Waals surface area contributed by atoms with Crippen molar-refractivity contribution in [1.29, 1.82) is 0 Å². The summed E-state index contributed by atoms with van der Waals surface area (Å²) in [4.78, 5) is 34.4. The van der Waals surface area contributed by atoms with Crippen LogP contribution in [0.3, 0.4) is 0 Å². The molecule has 2 amide bonds. The van der Waals surface area contributed by atoms with Crippen LogP contribution >= 0.6 is 0 Å². The highest BCUT2D eigenvalue weighted by molar-refractivity contribution is 5.79. The van der Waals surface area contributed by atoms with Gasteiger partial charge in [-0.3, -0.25) is 14.9 Å². The Morgan fingerprint density at radius 2 is 1.80 bits per heavy atom. The number of carbonyl (C=O) groups excluding carboxylic acids is 2. The number of carbonyl (C=O) groups is 2. The molecule has 1 heterocycles. The van der Waals surface area contributed by atoms with Crippen LogP contribution in [0.2, 0.25) is 0 Å². The molecule has 1 aromatic carbocycles. The first-order valence-corrected chi connectivity index (χ1v) is 8.48. The van der Waals surface area contributed by atoms with Crippen LogP contribution in [0.5, 0.6) is 0 Å². The number of amides is 2. The molecule has 0 aromatic heterocycles. The second kappa shape index (κ2) is 9.61. The number of nitro groups is 1. The van der Waals surface area contributed by atoms with E-state index in [-0.39, 0.29) is 30.4 Å². The fourth-order valence-corrected chi connectivity index (χ4v) is 2.68. The lowest BCUT2D eigenvalue weighted by Gasteiger charge is -2.27. The Balaban J connectivity index is 1.75. The average Bonchev–Trinajstić information content (AvgIpc) is 3.10. The van der Waals surface area contributed by atoms with E-state index in [0.29, 0.717) is 38.8 Å². The molecule has 0 aliphatic carbocycles. The van der Waals surface area contributed by atoms with Crippen molar-refractivity contribution < 1.29 is 19.2 Å². The molecule has 8 heteroatoms. The predicted molar refractivity (Wildman–Crippen MR) is 90.0 cm³/mol. The Morgan fingerprint density at radius 3 is 2.52 bits per heavy atom. The lowest BCUT2D eigenvalue weighted by atomic mass is 10.2. The van der Waals surface area contributed by atoms with Crippen LogP contribution < -0.4 is 0 Å². The molecule has 1 aliphatic rings. The Morgan fingerprint density at radius 1 is 1.08 bits per heavy atom. The van der Waals surface area contributed by atoms with Gasteiger partial charge < -0.3 is 4.74 Å². The number of rotatable bonds is 8. The van der Waals surface area contributed by atoms with E-state index < -0.39 is 6.09 Å². The highest BCUT2D eigenvalue weighted by Gasteiger charge is 2.31. The van der Waals surface area contributed by atoms with Gasteiger partial charge in [0.1, 0.15) is 6.61 Å². The second-order valence-electron chi connectivity index (χ2n) is 5.90. The molecule has 0 N–H and O–H groups in total. The normalized spacial score (nSPS) is 13.8. The SMILES string of the molecule is O=C(CCCCC[N+](=O)[O-])N1CCCN1C(=O)OCc1ccccc1. The van der Waals surface area contributed by atoms with Crippen molar-refractivity contribution in [2.75, 3.05) is 19.6 Å². The summed E-state index contributed by atoms with van der Waals surface area (Å²) < 4.78 is 5.28. The largest absolute Gasteiger partial charge is 0.443 e. The van der Waals surface area contributed by atoms with Crippen LogP contribution in [0.1, 0.15) is 37.7 Å². The van der Waals surface area contributed by atoms with E-state index in [1.807, 2.05) is 30.3 Å². The molecule has 0 spiro atoms. The molecule has 0 atom stereocenters. The minimum Gasteiger partial charge on any atom is -0.443 e. The maximum absolute atomic E-state index is 12.3. The molecular weight excluding hydrogens is 326 g/mol. The highest BCUT2D eigenvalue weighted by Crippen LogP contribution is 2.16. The summed E-state index contributed by atoms with van der Waals surface area (Å²) in [7, 11) is 0. The molecule has 0 saturated carbocycles. The number of hydrazine groups is 1. The molecule has 1 aliphatic heterocycles. The molecule has 136 valence electrons. The summed E-state index contributed by atoms with van der Waals surface area (Å²) in [6.07, 6.45) is 2.13. The smallest absolute Gasteiger partial charge is 0.429 e. The number of hydrogen-bond donors (Lipinski definition) is 0. The lowest BCUT2D eigenvalue weighted by Crippen LogP contribution is -2.45. The fraction of sp³-hybridized carbons (Fsp3) is 0.529. The van der Waals surface area contributed by atoms with E-state index in [4.69, 9.17) is 4.74 Å². The molecule has 1 fully saturated rings. The molecule has 1 aromatic rings. The monoisotopic (exact) mass is 349 g/mol. The topological polar surface area (TPSA) is 93.0 Å². The molecule has 2 rings (SSSR count). The van der Waals surface area contributed by atoms with Crippen LogP contribution in [0, 0.1) is 10.1 Å². The second-order valence-corrected chi connectivity index (χ2v) is 5.90. The first kappa shape index (κ1) is 18.7. The van der Waals surface area contributed by atoms with Crippen molar-refractivity contribution in [2.24, 2.45) is 0 Å². The van der Waals surface area contributed by atoms with Gasteiger partial charge in [0.15, 0.2) is 0 Å². The third-order valence-electron chi connectivity index (χ3n) is 3.97. The number of unbranched alkanes of at least 4 members (excludes halogenated alkanes) is 2. The quantitative estimate of drug-likeness (QED) is 0.408. The fourth-order valence-electron chi connectivity index (χ4n) is 2.68. The van der Waals surface area contributed by atoms with Gasteiger partial charge in [-0.1, -0.05) is 30.3 Å². The van der Waals surface area contributed by atoms with E-state index in [0.717, 1.165) is 5.56 Å². The van der Waals surface area contributed by atoms with Crippen molar-refractivity contribution in [3.63, 3.8) is 0 Å². The maximum Gasteiger partial charge on any atom is 0.429 e. The van der Waals surface area contributed by atoms with Gasteiger partial charge in [0, 0.05) is 30.9 Å². The summed E-state index contributed by atoms with van der Waals surface area (Å²) in [6.45, 7) is 1.05. The third kappa shape index (κ3) is 6.06. The Labute approximate surface area is 146 Å². The van der Waals surface area contributed by atoms with Crippen molar-refractivity contribution in [2.45, 2.75) is 38.7 Å². The summed E-state index contributed by atoms with van der Waals surface area (Å²) in [5.41, 5.74) is 0.888. The zero-order valence-electron chi connectivity index (χ0n) is 14.1. The zero-order chi connectivity index (χ0) is 18.1. The van der Waals surface area contributed by atoms with E-state index in [1.54, 1.807) is 0 Å². The molecule has 8 nitrogen and oxygen atoms in total. The van der Waals surface area contributed by atoms with Gasteiger partial charge in [-0.15, -0.1) is 0 Å². The molecule has 1 saturated heterocycles. The minimum absolute atomic E-state index is 0.0736. The molecule has 0 radical (unpaired) electrons. The first-order chi connectivity index (χ1) is 12.1. The van der Waals surface area contributed by atoms with E-state index in [9.17, 15) is 19.7 Å². The van der Waals surface area contributed by atoms with Crippen LogP contribution in [-0.4, -0.2) is 46.6 Å². The van der Waals surface area contributed by atoms with Gasteiger partial charge in [-0.05, 0) is 24.8 Å². The van der Waals surface area contributed by atoms with Gasteiger partial charge in [0.05, 0.1) is 0 Å². The van der Waals surface area contributed by atoms with Crippen molar-refractivity contribution in [1.82, 2.24) is 10.0 Å². The summed E-state index contributed by atoms with van der Waals surface area (Å²) in [5.74, 6) is -0.143. The Hall–Kier alpha value is -2.64. The van der Waals surface area contributed by atoms with E-state index in [2.05, 4.69) is 0 Å². The van der Waals surface area contributed by atoms with E-state index in [1.165, 1.54) is 10.0 Å². The summed E-state index contributed by atoms with van der Waals surface area (Å²) in [5, 5.41) is 13.0. The molecule has 0 unspecified atom stereocenters. The predicted octanol–water partition coefficient (Wildman–Crippen LogP) is 2.61. The molecule has 0 bridgehead atoms. The van der Waals surface area contributed by atoms with Crippen LogP contribution in [0.25, 0.3) is 0 Å². The zero-order valence-corrected chi connectivity index (χ0v) is 14.1.